The number of para-hydroxylation sites is 2. The lowest BCUT2D eigenvalue weighted by Crippen LogP contribution is -2.01. The molecule has 0 aromatic heterocycles. The number of benzene rings is 3. The van der Waals surface area contributed by atoms with Gasteiger partial charge in [0.25, 0.3) is 0 Å². The van der Waals surface area contributed by atoms with Gasteiger partial charge in [0, 0.05) is 23.6 Å². The van der Waals surface area contributed by atoms with Gasteiger partial charge in [0.15, 0.2) is 0 Å². The number of esters is 2. The van der Waals surface area contributed by atoms with Crippen LogP contribution in [0.5, 0.6) is 11.5 Å². The highest BCUT2D eigenvalue weighted by Crippen LogP contribution is 2.28. The van der Waals surface area contributed by atoms with Crippen molar-refractivity contribution in [1.29, 1.82) is 0 Å². The third-order valence-corrected chi connectivity index (χ3v) is 4.47. The molecule has 8 nitrogen and oxygen atoms in total. The molecule has 8 heteroatoms. The van der Waals surface area contributed by atoms with Crippen molar-refractivity contribution in [1.82, 2.24) is 0 Å². The van der Waals surface area contributed by atoms with Crippen LogP contribution in [-0.2, 0) is 9.47 Å². The second-order valence-corrected chi connectivity index (χ2v) is 6.54. The van der Waals surface area contributed by atoms with E-state index in [1.54, 1.807) is 36.4 Å². The lowest BCUT2D eigenvalue weighted by Gasteiger charge is -2.04. The third-order valence-electron chi connectivity index (χ3n) is 4.47. The van der Waals surface area contributed by atoms with Crippen LogP contribution in [0.4, 0.5) is 11.4 Å². The van der Waals surface area contributed by atoms with Crippen LogP contribution in [0.2, 0.25) is 0 Å². The van der Waals surface area contributed by atoms with Gasteiger partial charge in [-0.05, 0) is 48.5 Å². The first-order chi connectivity index (χ1) is 15.4. The normalized spacial score (nSPS) is 11.1. The Morgan fingerprint density at radius 3 is 1.47 bits per heavy atom. The van der Waals surface area contributed by atoms with Crippen molar-refractivity contribution in [2.24, 2.45) is 9.98 Å². The summed E-state index contributed by atoms with van der Waals surface area (Å²) in [5, 5.41) is 20.3. The fourth-order valence-electron chi connectivity index (χ4n) is 2.76. The number of aliphatic imine (C=N–C) groups is 2. The zero-order valence-electron chi connectivity index (χ0n) is 17.4. The van der Waals surface area contributed by atoms with Crippen LogP contribution in [-0.4, -0.2) is 48.8 Å². The van der Waals surface area contributed by atoms with Crippen LogP contribution in [0.25, 0.3) is 0 Å². The molecule has 32 heavy (non-hydrogen) atoms. The van der Waals surface area contributed by atoms with E-state index in [9.17, 15) is 19.8 Å². The minimum absolute atomic E-state index is 0.117. The summed E-state index contributed by atoms with van der Waals surface area (Å²) < 4.78 is 9.26. The van der Waals surface area contributed by atoms with E-state index >= 15 is 0 Å². The smallest absolute Gasteiger partial charge is 0.337 e. The number of phenols is 2. The summed E-state index contributed by atoms with van der Waals surface area (Å²) in [5.41, 5.74) is 2.31. The van der Waals surface area contributed by atoms with Gasteiger partial charge < -0.3 is 19.7 Å². The monoisotopic (exact) mass is 432 g/mol. The standard InChI is InChI=1S/C24H20N2O6/c1-31-23(29)15-7-9-17(21(27)11-15)13-25-19-5-3-4-6-20(19)26-14-18-10-8-16(12-22(18)28)24(30)32-2/h3-14,27-28H,1-2H3. The summed E-state index contributed by atoms with van der Waals surface area (Å²) >= 11 is 0. The number of methoxy groups -OCH3 is 2. The summed E-state index contributed by atoms with van der Waals surface area (Å²) in [6.07, 6.45) is 2.90. The van der Waals surface area contributed by atoms with E-state index in [1.165, 1.54) is 50.9 Å². The molecule has 0 unspecified atom stereocenters. The Kier molecular flexibility index (Phi) is 6.97. The maximum atomic E-state index is 11.6. The molecule has 3 aromatic rings. The Morgan fingerprint density at radius 2 is 1.12 bits per heavy atom. The Morgan fingerprint density at radius 1 is 0.719 bits per heavy atom. The molecule has 2 N–H and O–H groups in total. The van der Waals surface area contributed by atoms with Gasteiger partial charge in [-0.25, -0.2) is 9.59 Å². The maximum Gasteiger partial charge on any atom is 0.337 e. The highest BCUT2D eigenvalue weighted by molar-refractivity contribution is 5.94. The van der Waals surface area contributed by atoms with Crippen LogP contribution in [0.15, 0.2) is 70.6 Å². The minimum atomic E-state index is -0.550. The molecule has 0 saturated heterocycles. The minimum Gasteiger partial charge on any atom is -0.507 e. The van der Waals surface area contributed by atoms with Gasteiger partial charge in [-0.2, -0.15) is 0 Å². The van der Waals surface area contributed by atoms with E-state index in [0.717, 1.165) is 0 Å². The lowest BCUT2D eigenvalue weighted by molar-refractivity contribution is 0.0591. The van der Waals surface area contributed by atoms with E-state index < -0.39 is 11.9 Å². The summed E-state index contributed by atoms with van der Waals surface area (Å²) in [5.74, 6) is -1.33. The van der Waals surface area contributed by atoms with Crippen LogP contribution < -0.4 is 0 Å². The Labute approximate surface area is 184 Å². The molecular weight excluding hydrogens is 412 g/mol. The molecule has 0 fully saturated rings. The summed E-state index contributed by atoms with van der Waals surface area (Å²) in [4.78, 5) is 31.9. The van der Waals surface area contributed by atoms with E-state index in [4.69, 9.17) is 0 Å². The molecule has 0 aliphatic carbocycles. The fraction of sp³-hybridized carbons (Fsp3) is 0.0833. The first-order valence-corrected chi connectivity index (χ1v) is 9.42. The average molecular weight is 432 g/mol. The number of ether oxygens (including phenoxy) is 2. The van der Waals surface area contributed by atoms with Crippen molar-refractivity contribution >= 4 is 35.7 Å². The molecule has 0 radical (unpaired) electrons. The number of nitrogens with zero attached hydrogens (tertiary/aromatic N) is 2. The Balaban J connectivity index is 1.84. The number of aromatic hydroxyl groups is 2. The van der Waals surface area contributed by atoms with Crippen LogP contribution >= 0.6 is 0 Å². The molecule has 3 rings (SSSR count). The van der Waals surface area contributed by atoms with Crippen molar-refractivity contribution in [2.45, 2.75) is 0 Å². The largest absolute Gasteiger partial charge is 0.507 e. The predicted octanol–water partition coefficient (Wildman–Crippen LogP) is 4.17. The maximum absolute atomic E-state index is 11.6. The van der Waals surface area contributed by atoms with E-state index in [1.807, 2.05) is 0 Å². The molecule has 0 aliphatic rings. The number of carbonyl (C=O) groups excluding carboxylic acids is 2. The molecular formula is C24H20N2O6. The molecule has 0 atom stereocenters. The fourth-order valence-corrected chi connectivity index (χ4v) is 2.76. The Hall–Kier alpha value is -4.46. The molecule has 0 heterocycles. The molecule has 0 spiro atoms. The summed E-state index contributed by atoms with van der Waals surface area (Å²) in [6.45, 7) is 0. The second kappa shape index (κ2) is 10.0. The van der Waals surface area contributed by atoms with E-state index in [0.29, 0.717) is 22.5 Å². The van der Waals surface area contributed by atoms with Crippen molar-refractivity contribution in [3.05, 3.63) is 82.9 Å². The van der Waals surface area contributed by atoms with Crippen molar-refractivity contribution in [2.75, 3.05) is 14.2 Å². The number of carbonyl (C=O) groups is 2. The zero-order chi connectivity index (χ0) is 23.1. The first kappa shape index (κ1) is 22.2. The number of phenolic OH excluding ortho intramolecular Hbond substituents is 2. The van der Waals surface area contributed by atoms with Gasteiger partial charge in [0.05, 0.1) is 36.7 Å². The number of rotatable bonds is 6. The molecule has 3 aromatic carbocycles. The topological polar surface area (TPSA) is 118 Å². The number of hydrogen-bond acceptors (Lipinski definition) is 8. The molecule has 0 aliphatic heterocycles. The molecule has 0 saturated carbocycles. The molecule has 0 amide bonds. The second-order valence-electron chi connectivity index (χ2n) is 6.54. The zero-order valence-corrected chi connectivity index (χ0v) is 17.4. The highest BCUT2D eigenvalue weighted by Gasteiger charge is 2.10. The summed E-state index contributed by atoms with van der Waals surface area (Å²) in [7, 11) is 2.53. The van der Waals surface area contributed by atoms with Gasteiger partial charge in [0.2, 0.25) is 0 Å². The van der Waals surface area contributed by atoms with Gasteiger partial charge in [-0.15, -0.1) is 0 Å². The van der Waals surface area contributed by atoms with Gasteiger partial charge in [-0.1, -0.05) is 12.1 Å². The highest BCUT2D eigenvalue weighted by atomic mass is 16.5. The van der Waals surface area contributed by atoms with E-state index in [2.05, 4.69) is 19.5 Å². The third kappa shape index (κ3) is 5.17. The quantitative estimate of drug-likeness (QED) is 0.446. The molecule has 162 valence electrons. The van der Waals surface area contributed by atoms with Crippen LogP contribution in [0.1, 0.15) is 31.8 Å². The van der Waals surface area contributed by atoms with Crippen LogP contribution in [0.3, 0.4) is 0 Å². The van der Waals surface area contributed by atoms with Crippen molar-refractivity contribution < 1.29 is 29.3 Å². The molecule has 0 bridgehead atoms. The average Bonchev–Trinajstić information content (AvgIpc) is 2.81. The van der Waals surface area contributed by atoms with Crippen molar-refractivity contribution in [3.8, 4) is 11.5 Å². The van der Waals surface area contributed by atoms with Gasteiger partial charge in [0.1, 0.15) is 11.5 Å². The first-order valence-electron chi connectivity index (χ1n) is 9.42. The van der Waals surface area contributed by atoms with Gasteiger partial charge >= 0.3 is 11.9 Å². The van der Waals surface area contributed by atoms with Crippen molar-refractivity contribution in [3.63, 3.8) is 0 Å². The van der Waals surface area contributed by atoms with E-state index in [-0.39, 0.29) is 22.6 Å². The SMILES string of the molecule is COC(=O)c1ccc(C=Nc2ccccc2N=Cc2ccc(C(=O)OC)cc2O)c(O)c1. The van der Waals surface area contributed by atoms with Gasteiger partial charge in [-0.3, -0.25) is 9.98 Å². The Bertz CT molecular complexity index is 1120. The number of hydrogen-bond donors (Lipinski definition) is 2. The lowest BCUT2D eigenvalue weighted by atomic mass is 10.1. The predicted molar refractivity (Wildman–Crippen MR) is 120 cm³/mol. The van der Waals surface area contributed by atoms with Crippen LogP contribution in [0, 0.1) is 0 Å². The summed E-state index contributed by atoms with van der Waals surface area (Å²) in [6, 6.07) is 15.8.